The number of hydrogen-bond acceptors (Lipinski definition) is 2. The van der Waals surface area contributed by atoms with Gasteiger partial charge in [0.25, 0.3) is 5.91 Å². The Balaban J connectivity index is 2.17. The lowest BCUT2D eigenvalue weighted by atomic mass is 9.98. The first-order chi connectivity index (χ1) is 12.9. The van der Waals surface area contributed by atoms with Crippen molar-refractivity contribution in [3.63, 3.8) is 0 Å². The lowest BCUT2D eigenvalue weighted by molar-refractivity contribution is 0.1000. The fourth-order valence-corrected chi connectivity index (χ4v) is 3.68. The van der Waals surface area contributed by atoms with Crippen LogP contribution in [-0.2, 0) is 13.0 Å². The fourth-order valence-electron chi connectivity index (χ4n) is 3.68. The van der Waals surface area contributed by atoms with Crippen molar-refractivity contribution in [2.75, 3.05) is 19.0 Å². The molecule has 4 heteroatoms. The summed E-state index contributed by atoms with van der Waals surface area (Å²) in [6.45, 7) is 4.84. The molecular formula is C23H27N3O. The van der Waals surface area contributed by atoms with Gasteiger partial charge in [-0.25, -0.2) is 0 Å². The zero-order chi connectivity index (χ0) is 19.6. The molecule has 0 fully saturated rings. The van der Waals surface area contributed by atoms with Crippen molar-refractivity contribution in [2.24, 2.45) is 5.73 Å². The highest BCUT2D eigenvalue weighted by Crippen LogP contribution is 2.34. The molecule has 1 heterocycles. The molecule has 27 heavy (non-hydrogen) atoms. The SMILES string of the molecule is CCc1c(-c2ccc(N(C)C)cc2)c(C(N)=O)c(C)n1Cc1ccccc1. The minimum atomic E-state index is -0.374. The topological polar surface area (TPSA) is 51.3 Å². The first-order valence-corrected chi connectivity index (χ1v) is 9.27. The normalized spacial score (nSPS) is 10.8. The van der Waals surface area contributed by atoms with Crippen LogP contribution in [0.25, 0.3) is 11.1 Å². The summed E-state index contributed by atoms with van der Waals surface area (Å²) in [7, 11) is 4.03. The summed E-state index contributed by atoms with van der Waals surface area (Å²) >= 11 is 0. The first kappa shape index (κ1) is 18.8. The molecule has 3 rings (SSSR count). The molecule has 2 aromatic carbocycles. The van der Waals surface area contributed by atoms with E-state index in [4.69, 9.17) is 5.73 Å². The molecule has 2 N–H and O–H groups in total. The number of hydrogen-bond donors (Lipinski definition) is 1. The van der Waals surface area contributed by atoms with Crippen LogP contribution in [0.15, 0.2) is 54.6 Å². The van der Waals surface area contributed by atoms with Gasteiger partial charge < -0.3 is 15.2 Å². The van der Waals surface area contributed by atoms with Crippen LogP contribution >= 0.6 is 0 Å². The molecular weight excluding hydrogens is 334 g/mol. The number of anilines is 1. The minimum absolute atomic E-state index is 0.374. The molecule has 0 saturated heterocycles. The lowest BCUT2D eigenvalue weighted by Gasteiger charge is -2.14. The third kappa shape index (κ3) is 3.61. The summed E-state index contributed by atoms with van der Waals surface area (Å²) in [6.07, 6.45) is 0.825. The summed E-state index contributed by atoms with van der Waals surface area (Å²) in [4.78, 5) is 14.4. The monoisotopic (exact) mass is 361 g/mol. The second kappa shape index (κ2) is 7.70. The molecule has 0 aliphatic rings. The number of rotatable bonds is 6. The molecule has 1 amide bonds. The van der Waals surface area contributed by atoms with Gasteiger partial charge in [-0.2, -0.15) is 0 Å². The molecule has 0 aliphatic carbocycles. The zero-order valence-electron chi connectivity index (χ0n) is 16.5. The smallest absolute Gasteiger partial charge is 0.251 e. The standard InChI is InChI=1S/C23H27N3O/c1-5-20-22(18-11-13-19(14-12-18)25(3)4)21(23(24)27)16(2)26(20)15-17-9-7-6-8-10-17/h6-14H,5,15H2,1-4H3,(H2,24,27). The fraction of sp³-hybridized carbons (Fsp3) is 0.261. The maximum Gasteiger partial charge on any atom is 0.251 e. The van der Waals surface area contributed by atoms with Crippen LogP contribution in [-0.4, -0.2) is 24.6 Å². The summed E-state index contributed by atoms with van der Waals surface area (Å²) < 4.78 is 2.23. The summed E-state index contributed by atoms with van der Waals surface area (Å²) in [6, 6.07) is 18.6. The highest BCUT2D eigenvalue weighted by Gasteiger charge is 2.24. The van der Waals surface area contributed by atoms with Crippen LogP contribution in [0.3, 0.4) is 0 Å². The van der Waals surface area contributed by atoms with E-state index in [0.717, 1.165) is 41.2 Å². The van der Waals surface area contributed by atoms with Crippen molar-refractivity contribution in [3.8, 4) is 11.1 Å². The molecule has 0 radical (unpaired) electrons. The molecule has 0 unspecified atom stereocenters. The Kier molecular flexibility index (Phi) is 5.36. The van der Waals surface area contributed by atoms with Crippen molar-refractivity contribution in [1.29, 1.82) is 0 Å². The van der Waals surface area contributed by atoms with Gasteiger partial charge in [-0.1, -0.05) is 49.4 Å². The Bertz CT molecular complexity index is 938. The van der Waals surface area contributed by atoms with Crippen molar-refractivity contribution >= 4 is 11.6 Å². The number of carbonyl (C=O) groups is 1. The van der Waals surface area contributed by atoms with Crippen LogP contribution in [0.4, 0.5) is 5.69 Å². The van der Waals surface area contributed by atoms with Crippen LogP contribution in [0.1, 0.15) is 34.2 Å². The van der Waals surface area contributed by atoms with Crippen molar-refractivity contribution in [1.82, 2.24) is 4.57 Å². The van der Waals surface area contributed by atoms with E-state index >= 15 is 0 Å². The summed E-state index contributed by atoms with van der Waals surface area (Å²) in [5.74, 6) is -0.374. The number of primary amides is 1. The summed E-state index contributed by atoms with van der Waals surface area (Å²) in [5.41, 5.74) is 12.8. The molecule has 0 atom stereocenters. The highest BCUT2D eigenvalue weighted by atomic mass is 16.1. The zero-order valence-corrected chi connectivity index (χ0v) is 16.5. The first-order valence-electron chi connectivity index (χ1n) is 9.27. The molecule has 140 valence electrons. The Morgan fingerprint density at radius 2 is 1.67 bits per heavy atom. The van der Waals surface area contributed by atoms with Gasteiger partial charge in [0, 0.05) is 43.3 Å². The van der Waals surface area contributed by atoms with Crippen molar-refractivity contribution < 1.29 is 4.79 Å². The number of nitrogens with zero attached hydrogens (tertiary/aromatic N) is 2. The Morgan fingerprint density at radius 1 is 1.04 bits per heavy atom. The average molecular weight is 361 g/mol. The number of benzene rings is 2. The van der Waals surface area contributed by atoms with Gasteiger partial charge in [0.15, 0.2) is 0 Å². The van der Waals surface area contributed by atoms with Gasteiger partial charge in [0.1, 0.15) is 0 Å². The molecule has 3 aromatic rings. The lowest BCUT2D eigenvalue weighted by Crippen LogP contribution is -2.13. The van der Waals surface area contributed by atoms with Gasteiger partial charge in [-0.05, 0) is 36.6 Å². The van der Waals surface area contributed by atoms with Crippen molar-refractivity contribution in [2.45, 2.75) is 26.8 Å². The van der Waals surface area contributed by atoms with Crippen LogP contribution < -0.4 is 10.6 Å². The van der Waals surface area contributed by atoms with Crippen molar-refractivity contribution in [3.05, 3.63) is 77.1 Å². The molecule has 0 bridgehead atoms. The van der Waals surface area contributed by atoms with E-state index in [0.29, 0.717) is 5.56 Å². The van der Waals surface area contributed by atoms with Gasteiger partial charge in [0.2, 0.25) is 0 Å². The third-order valence-corrected chi connectivity index (χ3v) is 5.07. The van der Waals surface area contributed by atoms with Crippen LogP contribution in [0.2, 0.25) is 0 Å². The minimum Gasteiger partial charge on any atom is -0.378 e. The van der Waals surface area contributed by atoms with E-state index in [1.165, 1.54) is 5.56 Å². The molecule has 1 aromatic heterocycles. The third-order valence-electron chi connectivity index (χ3n) is 5.07. The van der Waals surface area contributed by atoms with E-state index in [9.17, 15) is 4.79 Å². The van der Waals surface area contributed by atoms with E-state index in [1.807, 2.05) is 39.2 Å². The van der Waals surface area contributed by atoms with E-state index < -0.39 is 0 Å². The predicted molar refractivity (Wildman–Crippen MR) is 112 cm³/mol. The molecule has 4 nitrogen and oxygen atoms in total. The highest BCUT2D eigenvalue weighted by molar-refractivity contribution is 6.02. The average Bonchev–Trinajstić information content (AvgIpc) is 2.94. The number of nitrogens with two attached hydrogens (primary N) is 1. The molecule has 0 aliphatic heterocycles. The maximum atomic E-state index is 12.3. The molecule has 0 saturated carbocycles. The van der Waals surface area contributed by atoms with Gasteiger partial charge in [-0.3, -0.25) is 4.79 Å². The second-order valence-electron chi connectivity index (χ2n) is 7.01. The Hall–Kier alpha value is -3.01. The van der Waals surface area contributed by atoms with Gasteiger partial charge >= 0.3 is 0 Å². The Labute approximate surface area is 161 Å². The quantitative estimate of drug-likeness (QED) is 0.714. The van der Waals surface area contributed by atoms with Crippen LogP contribution in [0, 0.1) is 6.92 Å². The Morgan fingerprint density at radius 3 is 2.19 bits per heavy atom. The van der Waals surface area contributed by atoms with E-state index in [-0.39, 0.29) is 5.91 Å². The summed E-state index contributed by atoms with van der Waals surface area (Å²) in [5, 5.41) is 0. The number of amides is 1. The maximum absolute atomic E-state index is 12.3. The second-order valence-corrected chi connectivity index (χ2v) is 7.01. The number of aromatic nitrogens is 1. The number of carbonyl (C=O) groups excluding carboxylic acids is 1. The largest absolute Gasteiger partial charge is 0.378 e. The van der Waals surface area contributed by atoms with E-state index in [2.05, 4.69) is 52.8 Å². The predicted octanol–water partition coefficient (Wildman–Crippen LogP) is 4.24. The van der Waals surface area contributed by atoms with Crippen LogP contribution in [0.5, 0.6) is 0 Å². The molecule has 0 spiro atoms. The van der Waals surface area contributed by atoms with Gasteiger partial charge in [-0.15, -0.1) is 0 Å². The van der Waals surface area contributed by atoms with Gasteiger partial charge in [0.05, 0.1) is 5.56 Å². The van der Waals surface area contributed by atoms with E-state index in [1.54, 1.807) is 0 Å².